The first-order valence-electron chi connectivity index (χ1n) is 8.98. The Morgan fingerprint density at radius 3 is 2.58 bits per heavy atom. The highest BCUT2D eigenvalue weighted by Crippen LogP contribution is 2.34. The number of aryl methyl sites for hydroxylation is 2. The Morgan fingerprint density at radius 1 is 1.12 bits per heavy atom. The second kappa shape index (κ2) is 7.28. The number of rotatable bonds is 4. The van der Waals surface area contributed by atoms with E-state index >= 15 is 0 Å². The van der Waals surface area contributed by atoms with Gasteiger partial charge in [0.15, 0.2) is 11.5 Å². The number of carbonyl (C=O) groups excluding carboxylic acids is 1. The van der Waals surface area contributed by atoms with E-state index in [4.69, 9.17) is 9.47 Å². The molecule has 0 fully saturated rings. The van der Waals surface area contributed by atoms with Crippen molar-refractivity contribution in [1.29, 1.82) is 0 Å². The molecule has 1 heterocycles. The molecule has 3 rings (SSSR count). The van der Waals surface area contributed by atoms with Crippen molar-refractivity contribution in [3.63, 3.8) is 0 Å². The average molecular weight is 354 g/mol. The zero-order valence-corrected chi connectivity index (χ0v) is 15.8. The fourth-order valence-corrected chi connectivity index (χ4v) is 3.13. The van der Waals surface area contributed by atoms with Crippen LogP contribution in [0.5, 0.6) is 11.5 Å². The quantitative estimate of drug-likeness (QED) is 0.856. The van der Waals surface area contributed by atoms with Gasteiger partial charge >= 0.3 is 6.03 Å². The smallest absolute Gasteiger partial charge is 0.319 e. The third-order valence-electron chi connectivity index (χ3n) is 4.67. The number of ether oxygens (including phenoxy) is 2. The Balaban J connectivity index is 1.76. The first-order valence-corrected chi connectivity index (χ1v) is 8.98. The number of fused-ring (bicyclic) bond motifs is 1. The van der Waals surface area contributed by atoms with Crippen LogP contribution < -0.4 is 20.1 Å². The molecule has 0 saturated heterocycles. The third-order valence-corrected chi connectivity index (χ3v) is 4.67. The van der Waals surface area contributed by atoms with Gasteiger partial charge in [0.1, 0.15) is 13.2 Å². The van der Waals surface area contributed by atoms with Gasteiger partial charge in [-0.3, -0.25) is 0 Å². The van der Waals surface area contributed by atoms with Crippen LogP contribution in [-0.4, -0.2) is 19.2 Å². The molecule has 0 spiro atoms. The highest BCUT2D eigenvalue weighted by Gasteiger charge is 2.25. The second-order valence-corrected chi connectivity index (χ2v) is 7.03. The number of hydrogen-bond donors (Lipinski definition) is 2. The van der Waals surface area contributed by atoms with Gasteiger partial charge in [0.05, 0.1) is 5.54 Å². The van der Waals surface area contributed by atoms with E-state index in [0.717, 1.165) is 40.3 Å². The van der Waals surface area contributed by atoms with E-state index in [2.05, 4.69) is 17.6 Å². The van der Waals surface area contributed by atoms with Gasteiger partial charge in [-0.2, -0.15) is 0 Å². The topological polar surface area (TPSA) is 59.6 Å². The molecule has 0 saturated carbocycles. The third kappa shape index (κ3) is 3.77. The summed E-state index contributed by atoms with van der Waals surface area (Å²) in [7, 11) is 0. The first-order chi connectivity index (χ1) is 12.4. The standard InChI is InChI=1S/C21H26N2O3/c1-5-15-8-6-7-14(2)19(15)22-20(24)23-21(3,4)16-9-10-17-18(13-16)26-12-11-25-17/h6-10,13H,5,11-12H2,1-4H3,(H2,22,23,24). The molecule has 1 aliphatic heterocycles. The van der Waals surface area contributed by atoms with Gasteiger partial charge in [-0.25, -0.2) is 4.79 Å². The molecule has 2 amide bonds. The molecule has 2 aromatic rings. The van der Waals surface area contributed by atoms with Crippen LogP contribution in [0.4, 0.5) is 10.5 Å². The molecule has 0 aromatic heterocycles. The van der Waals surface area contributed by atoms with Crippen molar-refractivity contribution in [3.8, 4) is 11.5 Å². The fraction of sp³-hybridized carbons (Fsp3) is 0.381. The Kier molecular flexibility index (Phi) is 5.07. The van der Waals surface area contributed by atoms with Crippen molar-refractivity contribution in [2.24, 2.45) is 0 Å². The normalized spacial score (nSPS) is 13.2. The van der Waals surface area contributed by atoms with Crippen LogP contribution in [0.3, 0.4) is 0 Å². The summed E-state index contributed by atoms with van der Waals surface area (Å²) in [5, 5.41) is 6.07. The molecule has 5 nitrogen and oxygen atoms in total. The van der Waals surface area contributed by atoms with Crippen molar-refractivity contribution in [2.75, 3.05) is 18.5 Å². The lowest BCUT2D eigenvalue weighted by atomic mass is 9.94. The first kappa shape index (κ1) is 18.1. The maximum absolute atomic E-state index is 12.6. The number of benzene rings is 2. The lowest BCUT2D eigenvalue weighted by Gasteiger charge is -2.29. The molecule has 0 unspecified atom stereocenters. The molecule has 138 valence electrons. The summed E-state index contributed by atoms with van der Waals surface area (Å²) in [6.45, 7) is 9.12. The Morgan fingerprint density at radius 2 is 1.85 bits per heavy atom. The largest absolute Gasteiger partial charge is 0.486 e. The summed E-state index contributed by atoms with van der Waals surface area (Å²) in [6, 6.07) is 11.6. The van der Waals surface area contributed by atoms with E-state index in [-0.39, 0.29) is 6.03 Å². The van der Waals surface area contributed by atoms with E-state index in [1.807, 2.05) is 57.2 Å². The lowest BCUT2D eigenvalue weighted by molar-refractivity contribution is 0.171. The van der Waals surface area contributed by atoms with Crippen LogP contribution in [0.1, 0.15) is 37.5 Å². The van der Waals surface area contributed by atoms with E-state index in [0.29, 0.717) is 13.2 Å². The summed E-state index contributed by atoms with van der Waals surface area (Å²) in [6.07, 6.45) is 0.864. The monoisotopic (exact) mass is 354 g/mol. The zero-order chi connectivity index (χ0) is 18.7. The average Bonchev–Trinajstić information content (AvgIpc) is 2.62. The van der Waals surface area contributed by atoms with Gasteiger partial charge in [-0.1, -0.05) is 31.2 Å². The molecular weight excluding hydrogens is 328 g/mol. The minimum atomic E-state index is -0.561. The number of amides is 2. The molecule has 1 aliphatic rings. The van der Waals surface area contributed by atoms with Crippen molar-refractivity contribution in [1.82, 2.24) is 5.32 Å². The maximum atomic E-state index is 12.6. The molecular formula is C21H26N2O3. The van der Waals surface area contributed by atoms with E-state index in [1.165, 1.54) is 0 Å². The van der Waals surface area contributed by atoms with Crippen LogP contribution in [0.2, 0.25) is 0 Å². The van der Waals surface area contributed by atoms with Crippen LogP contribution in [-0.2, 0) is 12.0 Å². The highest BCUT2D eigenvalue weighted by atomic mass is 16.6. The van der Waals surface area contributed by atoms with Crippen molar-refractivity contribution in [2.45, 2.75) is 39.7 Å². The summed E-state index contributed by atoms with van der Waals surface area (Å²) < 4.78 is 11.2. The predicted molar refractivity (Wildman–Crippen MR) is 103 cm³/mol. The molecule has 5 heteroatoms. The predicted octanol–water partition coefficient (Wildman–Crippen LogP) is 4.39. The van der Waals surface area contributed by atoms with Crippen LogP contribution >= 0.6 is 0 Å². The van der Waals surface area contributed by atoms with Gasteiger partial charge in [0, 0.05) is 5.69 Å². The van der Waals surface area contributed by atoms with E-state index < -0.39 is 5.54 Å². The van der Waals surface area contributed by atoms with Crippen LogP contribution in [0.25, 0.3) is 0 Å². The Hall–Kier alpha value is -2.69. The van der Waals surface area contributed by atoms with E-state index in [9.17, 15) is 4.79 Å². The number of carbonyl (C=O) groups is 1. The molecule has 26 heavy (non-hydrogen) atoms. The number of hydrogen-bond acceptors (Lipinski definition) is 3. The SMILES string of the molecule is CCc1cccc(C)c1NC(=O)NC(C)(C)c1ccc2c(c1)OCCO2. The van der Waals surface area contributed by atoms with Gasteiger partial charge in [0.25, 0.3) is 0 Å². The summed E-state index contributed by atoms with van der Waals surface area (Å²) in [4.78, 5) is 12.6. The van der Waals surface area contributed by atoms with Crippen molar-refractivity contribution < 1.29 is 14.3 Å². The highest BCUT2D eigenvalue weighted by molar-refractivity contribution is 5.91. The maximum Gasteiger partial charge on any atom is 0.319 e. The van der Waals surface area contributed by atoms with Crippen LogP contribution in [0.15, 0.2) is 36.4 Å². The molecule has 0 atom stereocenters. The molecule has 0 aliphatic carbocycles. The van der Waals surface area contributed by atoms with Crippen molar-refractivity contribution >= 4 is 11.7 Å². The van der Waals surface area contributed by atoms with E-state index in [1.54, 1.807) is 0 Å². The molecule has 0 radical (unpaired) electrons. The van der Waals surface area contributed by atoms with Crippen LogP contribution in [0, 0.1) is 6.92 Å². The number of urea groups is 1. The number of para-hydroxylation sites is 1. The molecule has 2 aromatic carbocycles. The lowest BCUT2D eigenvalue weighted by Crippen LogP contribution is -2.43. The minimum Gasteiger partial charge on any atom is -0.486 e. The summed E-state index contributed by atoms with van der Waals surface area (Å²) in [5.41, 5.74) is 3.45. The molecule has 2 N–H and O–H groups in total. The summed E-state index contributed by atoms with van der Waals surface area (Å²) >= 11 is 0. The Bertz CT molecular complexity index is 815. The van der Waals surface area contributed by atoms with Gasteiger partial charge in [-0.15, -0.1) is 0 Å². The summed E-state index contributed by atoms with van der Waals surface area (Å²) in [5.74, 6) is 1.46. The van der Waals surface area contributed by atoms with Gasteiger partial charge in [-0.05, 0) is 56.0 Å². The fourth-order valence-electron chi connectivity index (χ4n) is 3.13. The van der Waals surface area contributed by atoms with Gasteiger partial charge in [0.2, 0.25) is 0 Å². The molecule has 0 bridgehead atoms. The minimum absolute atomic E-state index is 0.228. The zero-order valence-electron chi connectivity index (χ0n) is 15.8. The Labute approximate surface area is 154 Å². The van der Waals surface area contributed by atoms with Crippen molar-refractivity contribution in [3.05, 3.63) is 53.1 Å². The second-order valence-electron chi connectivity index (χ2n) is 7.03. The van der Waals surface area contributed by atoms with Gasteiger partial charge < -0.3 is 20.1 Å². The number of nitrogens with one attached hydrogen (secondary N) is 2. The number of anilines is 1.